The van der Waals surface area contributed by atoms with Crippen LogP contribution in [0.5, 0.6) is 0 Å². The summed E-state index contributed by atoms with van der Waals surface area (Å²) in [5, 5.41) is 3.89. The van der Waals surface area contributed by atoms with Crippen LogP contribution in [0.15, 0.2) is 29.0 Å². The van der Waals surface area contributed by atoms with E-state index in [9.17, 15) is 0 Å². The van der Waals surface area contributed by atoms with Crippen LogP contribution >= 0.6 is 0 Å². The number of nitrogen functional groups attached to an aromatic ring is 1. The summed E-state index contributed by atoms with van der Waals surface area (Å²) in [4.78, 5) is 4.01. The third-order valence-corrected chi connectivity index (χ3v) is 3.07. The summed E-state index contributed by atoms with van der Waals surface area (Å²) in [6, 6.07) is 3.85. The summed E-state index contributed by atoms with van der Waals surface area (Å²) in [6.45, 7) is 4.28. The average molecular weight is 231 g/mol. The summed E-state index contributed by atoms with van der Waals surface area (Å²) < 4.78 is 5.40. The van der Waals surface area contributed by atoms with Gasteiger partial charge in [-0.2, -0.15) is 0 Å². The molecule has 0 bridgehead atoms. The molecule has 2 aromatic heterocycles. The van der Waals surface area contributed by atoms with Gasteiger partial charge in [0, 0.05) is 18.3 Å². The predicted octanol–water partition coefficient (Wildman–Crippen LogP) is 3.22. The lowest BCUT2D eigenvalue weighted by molar-refractivity contribution is 0.356. The van der Waals surface area contributed by atoms with Gasteiger partial charge in [-0.3, -0.25) is 4.98 Å². The van der Waals surface area contributed by atoms with E-state index in [1.54, 1.807) is 12.4 Å². The van der Waals surface area contributed by atoms with Gasteiger partial charge in [0.05, 0.1) is 5.56 Å². The van der Waals surface area contributed by atoms with Crippen molar-refractivity contribution in [1.29, 1.82) is 0 Å². The van der Waals surface area contributed by atoms with E-state index in [0.29, 0.717) is 11.7 Å². The molecule has 0 aliphatic heterocycles. The highest BCUT2D eigenvalue weighted by Crippen LogP contribution is 2.36. The second kappa shape index (κ2) is 4.99. The number of nitrogens with zero attached hydrogens (tertiary/aromatic N) is 2. The molecule has 0 atom stereocenters. The smallest absolute Gasteiger partial charge is 0.175 e. The molecule has 90 valence electrons. The van der Waals surface area contributed by atoms with Crippen LogP contribution in [0.3, 0.4) is 0 Å². The first-order valence-corrected chi connectivity index (χ1v) is 5.93. The minimum atomic E-state index is 0.364. The minimum Gasteiger partial charge on any atom is -0.380 e. The fourth-order valence-corrected chi connectivity index (χ4v) is 2.06. The molecule has 2 aromatic rings. The molecule has 0 aliphatic rings. The summed E-state index contributed by atoms with van der Waals surface area (Å²) >= 11 is 0. The zero-order valence-corrected chi connectivity index (χ0v) is 10.2. The van der Waals surface area contributed by atoms with Crippen molar-refractivity contribution < 1.29 is 4.52 Å². The quantitative estimate of drug-likeness (QED) is 0.877. The zero-order valence-electron chi connectivity index (χ0n) is 10.2. The maximum atomic E-state index is 5.90. The van der Waals surface area contributed by atoms with Crippen LogP contribution in [0.2, 0.25) is 0 Å². The van der Waals surface area contributed by atoms with E-state index >= 15 is 0 Å². The molecule has 4 heteroatoms. The van der Waals surface area contributed by atoms with Crippen LogP contribution < -0.4 is 5.73 Å². The highest BCUT2D eigenvalue weighted by atomic mass is 16.5. The van der Waals surface area contributed by atoms with Crippen LogP contribution in [0.4, 0.5) is 5.82 Å². The van der Waals surface area contributed by atoms with Crippen molar-refractivity contribution >= 4 is 5.82 Å². The highest BCUT2D eigenvalue weighted by molar-refractivity contribution is 5.75. The molecule has 17 heavy (non-hydrogen) atoms. The summed E-state index contributed by atoms with van der Waals surface area (Å²) in [5.74, 6) is 1.71. The van der Waals surface area contributed by atoms with E-state index in [-0.39, 0.29) is 0 Å². The lowest BCUT2D eigenvalue weighted by atomic mass is 9.94. The maximum Gasteiger partial charge on any atom is 0.175 e. The Balaban J connectivity index is 2.50. The monoisotopic (exact) mass is 231 g/mol. The van der Waals surface area contributed by atoms with Crippen LogP contribution in [-0.2, 0) is 0 Å². The molecule has 2 N–H and O–H groups in total. The van der Waals surface area contributed by atoms with Gasteiger partial charge in [-0.05, 0) is 30.5 Å². The molecule has 2 heterocycles. The van der Waals surface area contributed by atoms with E-state index in [4.69, 9.17) is 10.3 Å². The van der Waals surface area contributed by atoms with Crippen molar-refractivity contribution in [3.05, 3.63) is 30.3 Å². The van der Waals surface area contributed by atoms with Crippen LogP contribution in [0.1, 0.15) is 38.4 Å². The Morgan fingerprint density at radius 2 is 1.88 bits per heavy atom. The van der Waals surface area contributed by atoms with Gasteiger partial charge in [0.25, 0.3) is 0 Å². The van der Waals surface area contributed by atoms with Gasteiger partial charge in [-0.25, -0.2) is 0 Å². The third kappa shape index (κ3) is 2.16. The Morgan fingerprint density at radius 3 is 2.47 bits per heavy atom. The normalized spacial score (nSPS) is 11.0. The Bertz CT molecular complexity index is 475. The largest absolute Gasteiger partial charge is 0.380 e. The molecule has 0 amide bonds. The summed E-state index contributed by atoms with van der Waals surface area (Å²) in [7, 11) is 0. The fourth-order valence-electron chi connectivity index (χ4n) is 2.06. The SMILES string of the molecule is CCC(CC)c1onc(N)c1-c1ccncc1. The minimum absolute atomic E-state index is 0.364. The molecule has 0 saturated heterocycles. The molecule has 0 fully saturated rings. The van der Waals surface area contributed by atoms with Crippen molar-refractivity contribution in [1.82, 2.24) is 10.1 Å². The Morgan fingerprint density at radius 1 is 1.24 bits per heavy atom. The summed E-state index contributed by atoms with van der Waals surface area (Å²) in [5.41, 5.74) is 7.83. The number of nitrogens with two attached hydrogens (primary N) is 1. The van der Waals surface area contributed by atoms with Crippen molar-refractivity contribution in [3.63, 3.8) is 0 Å². The fraction of sp³-hybridized carbons (Fsp3) is 0.385. The number of anilines is 1. The molecular weight excluding hydrogens is 214 g/mol. The molecule has 0 aromatic carbocycles. The Labute approximate surface area is 101 Å². The van der Waals surface area contributed by atoms with E-state index in [1.807, 2.05) is 12.1 Å². The van der Waals surface area contributed by atoms with Gasteiger partial charge in [-0.15, -0.1) is 0 Å². The predicted molar refractivity (Wildman–Crippen MR) is 67.5 cm³/mol. The van der Waals surface area contributed by atoms with Crippen molar-refractivity contribution in [3.8, 4) is 11.1 Å². The van der Waals surface area contributed by atoms with Crippen LogP contribution in [0.25, 0.3) is 11.1 Å². The first kappa shape index (κ1) is 11.6. The number of rotatable bonds is 4. The number of hydrogen-bond donors (Lipinski definition) is 1. The molecule has 0 spiro atoms. The molecule has 0 aliphatic carbocycles. The van der Waals surface area contributed by atoms with E-state index in [0.717, 1.165) is 29.7 Å². The first-order valence-electron chi connectivity index (χ1n) is 5.93. The van der Waals surface area contributed by atoms with Gasteiger partial charge >= 0.3 is 0 Å². The molecule has 0 unspecified atom stereocenters. The maximum absolute atomic E-state index is 5.90. The van der Waals surface area contributed by atoms with Crippen molar-refractivity contribution in [2.24, 2.45) is 0 Å². The lowest BCUT2D eigenvalue weighted by Gasteiger charge is -2.10. The van der Waals surface area contributed by atoms with Crippen LogP contribution in [-0.4, -0.2) is 10.1 Å². The van der Waals surface area contributed by atoms with Crippen molar-refractivity contribution in [2.75, 3.05) is 5.73 Å². The van der Waals surface area contributed by atoms with Gasteiger partial charge in [-0.1, -0.05) is 19.0 Å². The Kier molecular flexibility index (Phi) is 3.42. The molecule has 0 saturated carbocycles. The standard InChI is InChI=1S/C13H17N3O/c1-3-9(4-2)12-11(13(14)16-17-12)10-5-7-15-8-6-10/h5-9H,3-4H2,1-2H3,(H2,14,16). The summed E-state index contributed by atoms with van der Waals surface area (Å²) in [6.07, 6.45) is 5.53. The molecular formula is C13H17N3O. The first-order chi connectivity index (χ1) is 8.27. The number of aromatic nitrogens is 2. The second-order valence-electron chi connectivity index (χ2n) is 4.06. The topological polar surface area (TPSA) is 64.9 Å². The number of pyridine rings is 1. The van der Waals surface area contributed by atoms with E-state index < -0.39 is 0 Å². The van der Waals surface area contributed by atoms with E-state index in [2.05, 4.69) is 24.0 Å². The second-order valence-corrected chi connectivity index (χ2v) is 4.06. The average Bonchev–Trinajstić information content (AvgIpc) is 2.74. The van der Waals surface area contributed by atoms with Gasteiger partial charge in [0.1, 0.15) is 5.76 Å². The van der Waals surface area contributed by atoms with Crippen LogP contribution in [0, 0.1) is 0 Å². The van der Waals surface area contributed by atoms with Gasteiger partial charge in [0.15, 0.2) is 5.82 Å². The van der Waals surface area contributed by atoms with E-state index in [1.165, 1.54) is 0 Å². The molecule has 0 radical (unpaired) electrons. The lowest BCUT2D eigenvalue weighted by Crippen LogP contribution is -1.97. The third-order valence-electron chi connectivity index (χ3n) is 3.07. The van der Waals surface area contributed by atoms with Crippen molar-refractivity contribution in [2.45, 2.75) is 32.6 Å². The highest BCUT2D eigenvalue weighted by Gasteiger charge is 2.21. The molecule has 4 nitrogen and oxygen atoms in total. The zero-order chi connectivity index (χ0) is 12.3. The van der Waals surface area contributed by atoms with Gasteiger partial charge in [0.2, 0.25) is 0 Å². The molecule has 2 rings (SSSR count). The Hall–Kier alpha value is -1.84. The number of hydrogen-bond acceptors (Lipinski definition) is 4. The van der Waals surface area contributed by atoms with Gasteiger partial charge < -0.3 is 10.3 Å².